The second-order valence-electron chi connectivity index (χ2n) is 5.00. The number of rotatable bonds is 8. The van der Waals surface area contributed by atoms with E-state index in [1.165, 1.54) is 12.3 Å². The Morgan fingerprint density at radius 2 is 2.19 bits per heavy atom. The molecule has 0 bridgehead atoms. The number of nitrogens with two attached hydrogens (primary N) is 1. The summed E-state index contributed by atoms with van der Waals surface area (Å²) in [5, 5.41) is 2.86. The molecule has 21 heavy (non-hydrogen) atoms. The Labute approximate surface area is 124 Å². The van der Waals surface area contributed by atoms with E-state index in [0.717, 1.165) is 12.8 Å². The molecule has 1 aromatic heterocycles. The first-order valence-corrected chi connectivity index (χ1v) is 8.44. The summed E-state index contributed by atoms with van der Waals surface area (Å²) in [6.07, 6.45) is 4.36. The van der Waals surface area contributed by atoms with E-state index < -0.39 is 10.0 Å². The van der Waals surface area contributed by atoms with E-state index in [2.05, 4.69) is 15.0 Å². The van der Waals surface area contributed by atoms with E-state index in [4.69, 9.17) is 5.73 Å². The molecule has 0 spiro atoms. The number of nitrogens with zero attached hydrogens (tertiary/aromatic N) is 1. The minimum atomic E-state index is -3.64. The van der Waals surface area contributed by atoms with Gasteiger partial charge in [-0.05, 0) is 31.4 Å². The van der Waals surface area contributed by atoms with Crippen LogP contribution >= 0.6 is 0 Å². The molecule has 1 aliphatic carbocycles. The highest BCUT2D eigenvalue weighted by Gasteiger charge is 2.23. The highest BCUT2D eigenvalue weighted by Crippen LogP contribution is 2.18. The summed E-state index contributed by atoms with van der Waals surface area (Å²) >= 11 is 0. The molecule has 0 aliphatic heterocycles. The highest BCUT2D eigenvalue weighted by atomic mass is 32.2. The van der Waals surface area contributed by atoms with Gasteiger partial charge < -0.3 is 11.1 Å². The van der Waals surface area contributed by atoms with Gasteiger partial charge in [-0.25, -0.2) is 13.1 Å². The molecule has 1 amide bonds. The molecule has 4 N–H and O–H groups in total. The van der Waals surface area contributed by atoms with Gasteiger partial charge in [0, 0.05) is 31.7 Å². The van der Waals surface area contributed by atoms with Gasteiger partial charge in [0.25, 0.3) is 0 Å². The first-order valence-electron chi connectivity index (χ1n) is 6.96. The van der Waals surface area contributed by atoms with Crippen molar-refractivity contribution >= 4 is 15.9 Å². The Hall–Kier alpha value is -1.51. The number of aromatic nitrogens is 1. The summed E-state index contributed by atoms with van der Waals surface area (Å²) in [6, 6.07) is 3.35. The average molecular weight is 312 g/mol. The second kappa shape index (κ2) is 6.97. The molecule has 8 heteroatoms. The number of amides is 1. The van der Waals surface area contributed by atoms with Crippen LogP contribution in [0.2, 0.25) is 0 Å². The Morgan fingerprint density at radius 1 is 1.43 bits per heavy atom. The molecule has 0 unspecified atom stereocenters. The maximum atomic E-state index is 12.1. The molecule has 0 radical (unpaired) electrons. The van der Waals surface area contributed by atoms with Crippen molar-refractivity contribution in [1.29, 1.82) is 0 Å². The quantitative estimate of drug-likeness (QED) is 0.579. The predicted molar refractivity (Wildman–Crippen MR) is 77.7 cm³/mol. The van der Waals surface area contributed by atoms with Gasteiger partial charge in [-0.3, -0.25) is 9.78 Å². The minimum absolute atomic E-state index is 0.0271. The van der Waals surface area contributed by atoms with E-state index in [0.29, 0.717) is 24.6 Å². The summed E-state index contributed by atoms with van der Waals surface area (Å²) in [5.74, 6) is -0.0271. The zero-order valence-corrected chi connectivity index (χ0v) is 12.5. The fraction of sp³-hybridized carbons (Fsp3) is 0.538. The summed E-state index contributed by atoms with van der Waals surface area (Å²) < 4.78 is 26.7. The van der Waals surface area contributed by atoms with Crippen molar-refractivity contribution in [3.05, 3.63) is 24.0 Å². The smallest absolute Gasteiger partial charge is 0.242 e. The largest absolute Gasteiger partial charge is 0.353 e. The predicted octanol–water partition coefficient (Wildman–Crippen LogP) is -0.123. The van der Waals surface area contributed by atoms with Crippen LogP contribution in [0.3, 0.4) is 0 Å². The molecule has 2 rings (SSSR count). The van der Waals surface area contributed by atoms with Crippen LogP contribution in [0.1, 0.15) is 31.4 Å². The fourth-order valence-electron chi connectivity index (χ4n) is 1.88. The van der Waals surface area contributed by atoms with Crippen molar-refractivity contribution < 1.29 is 13.2 Å². The first-order chi connectivity index (χ1) is 10.0. The van der Waals surface area contributed by atoms with Crippen LogP contribution in [0.5, 0.6) is 0 Å². The molecule has 0 atom stereocenters. The third-order valence-corrected chi connectivity index (χ3v) is 4.68. The van der Waals surface area contributed by atoms with Crippen LogP contribution in [0.15, 0.2) is 23.2 Å². The van der Waals surface area contributed by atoms with Gasteiger partial charge in [0.15, 0.2) is 0 Å². The van der Waals surface area contributed by atoms with Gasteiger partial charge in [-0.2, -0.15) is 0 Å². The standard InChI is InChI=1S/C13H20N4O3S/c14-9-11-12(3-1-7-15-11)21(19,20)16-8-2-4-13(18)17-10-5-6-10/h1,3,7,10,16H,2,4-6,8-9,14H2,(H,17,18). The number of hydrogen-bond donors (Lipinski definition) is 3. The Bertz CT molecular complexity index is 599. The van der Waals surface area contributed by atoms with Crippen LogP contribution in [-0.2, 0) is 21.4 Å². The van der Waals surface area contributed by atoms with Crippen molar-refractivity contribution in [1.82, 2.24) is 15.0 Å². The summed E-state index contributed by atoms with van der Waals surface area (Å²) in [5.41, 5.74) is 5.82. The van der Waals surface area contributed by atoms with E-state index in [1.807, 2.05) is 0 Å². The topological polar surface area (TPSA) is 114 Å². The van der Waals surface area contributed by atoms with Gasteiger partial charge in [0.2, 0.25) is 15.9 Å². The molecular weight excluding hydrogens is 292 g/mol. The zero-order chi connectivity index (χ0) is 15.3. The van der Waals surface area contributed by atoms with Gasteiger partial charge in [0.05, 0.1) is 5.69 Å². The zero-order valence-electron chi connectivity index (χ0n) is 11.7. The maximum Gasteiger partial charge on any atom is 0.242 e. The molecular formula is C13H20N4O3S. The van der Waals surface area contributed by atoms with Crippen LogP contribution in [-0.4, -0.2) is 31.9 Å². The number of pyridine rings is 1. The van der Waals surface area contributed by atoms with Gasteiger partial charge in [0.1, 0.15) is 4.90 Å². The van der Waals surface area contributed by atoms with Crippen LogP contribution in [0.25, 0.3) is 0 Å². The fourth-order valence-corrected chi connectivity index (χ4v) is 3.15. The van der Waals surface area contributed by atoms with Crippen molar-refractivity contribution in [2.45, 2.75) is 43.2 Å². The lowest BCUT2D eigenvalue weighted by Crippen LogP contribution is -2.29. The van der Waals surface area contributed by atoms with Crippen molar-refractivity contribution in [3.63, 3.8) is 0 Å². The molecule has 116 valence electrons. The SMILES string of the molecule is NCc1ncccc1S(=O)(=O)NCCCC(=O)NC1CC1. The molecule has 1 aromatic rings. The molecule has 0 aromatic carbocycles. The minimum Gasteiger partial charge on any atom is -0.353 e. The van der Waals surface area contributed by atoms with E-state index in [9.17, 15) is 13.2 Å². The Kier molecular flexibility index (Phi) is 5.27. The third-order valence-electron chi connectivity index (χ3n) is 3.15. The van der Waals surface area contributed by atoms with Crippen molar-refractivity contribution in [3.8, 4) is 0 Å². The average Bonchev–Trinajstić information content (AvgIpc) is 3.27. The molecule has 1 aliphatic rings. The first kappa shape index (κ1) is 15.9. The van der Waals surface area contributed by atoms with E-state index in [1.54, 1.807) is 6.07 Å². The lowest BCUT2D eigenvalue weighted by molar-refractivity contribution is -0.121. The van der Waals surface area contributed by atoms with Gasteiger partial charge >= 0.3 is 0 Å². The summed E-state index contributed by atoms with van der Waals surface area (Å²) in [4.78, 5) is 15.5. The lowest BCUT2D eigenvalue weighted by atomic mass is 10.3. The Morgan fingerprint density at radius 3 is 2.86 bits per heavy atom. The monoisotopic (exact) mass is 312 g/mol. The number of carbonyl (C=O) groups is 1. The molecule has 0 saturated heterocycles. The molecule has 1 heterocycles. The summed E-state index contributed by atoms with van der Waals surface area (Å²) in [7, 11) is -3.64. The second-order valence-corrected chi connectivity index (χ2v) is 6.73. The number of hydrogen-bond acceptors (Lipinski definition) is 5. The van der Waals surface area contributed by atoms with E-state index >= 15 is 0 Å². The maximum absolute atomic E-state index is 12.1. The van der Waals surface area contributed by atoms with Crippen molar-refractivity contribution in [2.75, 3.05) is 6.54 Å². The Balaban J connectivity index is 1.82. The molecule has 1 saturated carbocycles. The number of carbonyl (C=O) groups excluding carboxylic acids is 1. The van der Waals surface area contributed by atoms with Gasteiger partial charge in [-0.1, -0.05) is 0 Å². The van der Waals surface area contributed by atoms with Crippen molar-refractivity contribution in [2.24, 2.45) is 5.73 Å². The highest BCUT2D eigenvalue weighted by molar-refractivity contribution is 7.89. The lowest BCUT2D eigenvalue weighted by Gasteiger charge is -2.09. The molecule has 7 nitrogen and oxygen atoms in total. The van der Waals surface area contributed by atoms with Crippen LogP contribution in [0, 0.1) is 0 Å². The third kappa shape index (κ3) is 4.76. The number of sulfonamides is 1. The number of nitrogens with one attached hydrogen (secondary N) is 2. The van der Waals surface area contributed by atoms with E-state index in [-0.39, 0.29) is 23.9 Å². The normalized spacial score (nSPS) is 14.9. The van der Waals surface area contributed by atoms with Crippen LogP contribution in [0.4, 0.5) is 0 Å². The van der Waals surface area contributed by atoms with Gasteiger partial charge in [-0.15, -0.1) is 0 Å². The summed E-state index contributed by atoms with van der Waals surface area (Å²) in [6.45, 7) is 0.264. The molecule has 1 fully saturated rings. The van der Waals surface area contributed by atoms with Crippen LogP contribution < -0.4 is 15.8 Å².